The van der Waals surface area contributed by atoms with E-state index in [-0.39, 0.29) is 0 Å². The number of hydrogen-bond donors (Lipinski definition) is 1. The van der Waals surface area contributed by atoms with E-state index in [9.17, 15) is 9.90 Å². The van der Waals surface area contributed by atoms with Crippen LogP contribution >= 0.6 is 15.9 Å². The minimum Gasteiger partial charge on any atom is -0.488 e. The van der Waals surface area contributed by atoms with Crippen LogP contribution in [0.4, 0.5) is 0 Å². The third-order valence-electron chi connectivity index (χ3n) is 7.90. The number of carboxylic acid groups (broad SMARTS) is 1. The van der Waals surface area contributed by atoms with Gasteiger partial charge < -0.3 is 14.6 Å². The number of pyridine rings is 1. The van der Waals surface area contributed by atoms with Crippen LogP contribution in [-0.4, -0.2) is 33.5 Å². The zero-order chi connectivity index (χ0) is 28.2. The maximum absolute atomic E-state index is 11.9. The number of halogens is 1. The monoisotopic (exact) mass is 612 g/mol. The van der Waals surface area contributed by atoms with Crippen molar-refractivity contribution in [1.82, 2.24) is 9.88 Å². The van der Waals surface area contributed by atoms with Crippen molar-refractivity contribution in [1.29, 1.82) is 0 Å². The summed E-state index contributed by atoms with van der Waals surface area (Å²) in [6, 6.07) is 24.2. The molecule has 210 valence electrons. The summed E-state index contributed by atoms with van der Waals surface area (Å²) in [5.74, 6) is 1.24. The van der Waals surface area contributed by atoms with Crippen LogP contribution in [-0.2, 0) is 24.6 Å². The molecule has 0 amide bonds. The topological polar surface area (TPSA) is 71.9 Å². The van der Waals surface area contributed by atoms with Gasteiger partial charge in [-0.3, -0.25) is 14.7 Å². The molecule has 2 aliphatic rings. The van der Waals surface area contributed by atoms with Gasteiger partial charge >= 0.3 is 5.97 Å². The first-order valence-electron chi connectivity index (χ1n) is 14.2. The zero-order valence-electron chi connectivity index (χ0n) is 22.8. The van der Waals surface area contributed by atoms with E-state index in [0.29, 0.717) is 32.1 Å². The first-order valence-corrected chi connectivity index (χ1v) is 15.0. The largest absolute Gasteiger partial charge is 0.488 e. The fourth-order valence-electron chi connectivity index (χ4n) is 5.57. The Morgan fingerprint density at radius 2 is 1.76 bits per heavy atom. The molecule has 7 heteroatoms. The predicted octanol–water partition coefficient (Wildman–Crippen LogP) is 7.60. The van der Waals surface area contributed by atoms with Gasteiger partial charge in [-0.05, 0) is 82.9 Å². The van der Waals surface area contributed by atoms with Crippen LogP contribution in [0.25, 0.3) is 11.1 Å². The van der Waals surface area contributed by atoms with Gasteiger partial charge in [-0.15, -0.1) is 0 Å². The van der Waals surface area contributed by atoms with Gasteiger partial charge in [-0.1, -0.05) is 54.6 Å². The molecule has 41 heavy (non-hydrogen) atoms. The Morgan fingerprint density at radius 1 is 0.927 bits per heavy atom. The number of benzene rings is 3. The number of aliphatic carboxylic acids is 1. The second-order valence-electron chi connectivity index (χ2n) is 10.8. The predicted molar refractivity (Wildman–Crippen MR) is 162 cm³/mol. The first kappa shape index (κ1) is 27.5. The number of ether oxygens (including phenoxy) is 2. The van der Waals surface area contributed by atoms with E-state index < -0.39 is 12.0 Å². The Morgan fingerprint density at radius 3 is 2.51 bits per heavy atom. The van der Waals surface area contributed by atoms with Crippen LogP contribution in [0.15, 0.2) is 89.7 Å². The molecule has 2 heterocycles. The van der Waals surface area contributed by atoms with E-state index >= 15 is 0 Å². The third-order valence-corrected chi connectivity index (χ3v) is 8.83. The molecule has 3 aromatic carbocycles. The molecule has 1 aromatic heterocycles. The average Bonchev–Trinajstić information content (AvgIpc) is 3.74. The molecule has 6 nitrogen and oxygen atoms in total. The highest BCUT2D eigenvalue weighted by Gasteiger charge is 2.33. The summed E-state index contributed by atoms with van der Waals surface area (Å²) < 4.78 is 13.9. The summed E-state index contributed by atoms with van der Waals surface area (Å²) in [6.07, 6.45) is 7.36. The van der Waals surface area contributed by atoms with Crippen molar-refractivity contribution in [3.8, 4) is 22.6 Å². The Hall–Kier alpha value is -3.68. The Labute approximate surface area is 249 Å². The number of aromatic nitrogens is 1. The molecule has 1 aliphatic heterocycles. The summed E-state index contributed by atoms with van der Waals surface area (Å²) >= 11 is 3.83. The maximum Gasteiger partial charge on any atom is 0.320 e. The number of carboxylic acids is 1. The molecule has 1 unspecified atom stereocenters. The van der Waals surface area contributed by atoms with E-state index in [1.807, 2.05) is 36.4 Å². The Kier molecular flexibility index (Phi) is 8.35. The molecule has 1 aliphatic carbocycles. The van der Waals surface area contributed by atoms with Gasteiger partial charge in [-0.25, -0.2) is 0 Å². The van der Waals surface area contributed by atoms with Crippen LogP contribution in [0.1, 0.15) is 53.9 Å². The van der Waals surface area contributed by atoms with Crippen molar-refractivity contribution in [3.63, 3.8) is 0 Å². The van der Waals surface area contributed by atoms with Crippen LogP contribution in [0.2, 0.25) is 0 Å². The quantitative estimate of drug-likeness (QED) is 0.188. The van der Waals surface area contributed by atoms with E-state index in [1.54, 1.807) is 12.4 Å². The molecule has 4 aromatic rings. The molecule has 1 saturated heterocycles. The van der Waals surface area contributed by atoms with Crippen LogP contribution in [0.5, 0.6) is 11.5 Å². The SMILES string of the molecule is O=C(O)C1CCCN1Cc1cc(C2CC2)c(OCc2cccc(-c3ccccc3)c2Br)cc1OCc1cccnc1. The number of carbonyl (C=O) groups is 1. The van der Waals surface area contributed by atoms with E-state index in [0.717, 1.165) is 69.6 Å². The number of likely N-dealkylation sites (tertiary alicyclic amines) is 1. The fraction of sp³-hybridized carbons (Fsp3) is 0.294. The lowest BCUT2D eigenvalue weighted by molar-refractivity contribution is -0.142. The second kappa shape index (κ2) is 12.5. The molecule has 6 rings (SSSR count). The summed E-state index contributed by atoms with van der Waals surface area (Å²) in [7, 11) is 0. The fourth-order valence-corrected chi connectivity index (χ4v) is 6.17. The summed E-state index contributed by atoms with van der Waals surface area (Å²) in [5.41, 5.74) is 6.49. The molecule has 0 radical (unpaired) electrons. The van der Waals surface area contributed by atoms with Crippen molar-refractivity contribution in [2.75, 3.05) is 6.54 Å². The number of rotatable bonds is 11. The highest BCUT2D eigenvalue weighted by molar-refractivity contribution is 9.10. The highest BCUT2D eigenvalue weighted by Crippen LogP contribution is 2.47. The zero-order valence-corrected chi connectivity index (χ0v) is 24.4. The molecule has 2 fully saturated rings. The first-order chi connectivity index (χ1) is 20.1. The minimum absolute atomic E-state index is 0.371. The van der Waals surface area contributed by atoms with E-state index in [4.69, 9.17) is 9.47 Å². The smallest absolute Gasteiger partial charge is 0.320 e. The van der Waals surface area contributed by atoms with Gasteiger partial charge in [0.25, 0.3) is 0 Å². The van der Waals surface area contributed by atoms with Crippen molar-refractivity contribution in [2.45, 2.75) is 57.4 Å². The molecule has 0 bridgehead atoms. The minimum atomic E-state index is -0.758. The number of hydrogen-bond acceptors (Lipinski definition) is 5. The lowest BCUT2D eigenvalue weighted by Crippen LogP contribution is -2.35. The van der Waals surface area contributed by atoms with Crippen molar-refractivity contribution < 1.29 is 19.4 Å². The van der Waals surface area contributed by atoms with E-state index in [2.05, 4.69) is 62.2 Å². The molecule has 1 atom stereocenters. The standard InChI is InChI=1S/C34H33BrN2O4/c35-33-26(10-4-11-28(33)24-8-2-1-3-9-24)22-41-32-18-31(40-21-23-7-5-15-36-19-23)27(17-29(32)25-13-14-25)20-37-16-6-12-30(37)34(38)39/h1-5,7-11,15,17-19,25,30H,6,12-14,16,20-22H2,(H,38,39). The van der Waals surface area contributed by atoms with Crippen molar-refractivity contribution in [2.24, 2.45) is 0 Å². The van der Waals surface area contributed by atoms with Gasteiger partial charge in [0.2, 0.25) is 0 Å². The summed E-state index contributed by atoms with van der Waals surface area (Å²) in [6.45, 7) is 2.08. The van der Waals surface area contributed by atoms with Crippen LogP contribution in [0, 0.1) is 0 Å². The highest BCUT2D eigenvalue weighted by atomic mass is 79.9. The summed E-state index contributed by atoms with van der Waals surface area (Å²) in [4.78, 5) is 18.2. The van der Waals surface area contributed by atoms with Gasteiger partial charge in [-0.2, -0.15) is 0 Å². The van der Waals surface area contributed by atoms with Gasteiger partial charge in [0.1, 0.15) is 30.8 Å². The molecular formula is C34H33BrN2O4. The summed E-state index contributed by atoms with van der Waals surface area (Å²) in [5, 5.41) is 9.77. The molecule has 1 N–H and O–H groups in total. The lowest BCUT2D eigenvalue weighted by Gasteiger charge is -2.24. The van der Waals surface area contributed by atoms with Gasteiger partial charge in [0.15, 0.2) is 0 Å². The van der Waals surface area contributed by atoms with Crippen LogP contribution < -0.4 is 9.47 Å². The third kappa shape index (κ3) is 6.47. The van der Waals surface area contributed by atoms with Crippen LogP contribution in [0.3, 0.4) is 0 Å². The molecular weight excluding hydrogens is 580 g/mol. The average molecular weight is 614 g/mol. The van der Waals surface area contributed by atoms with Gasteiger partial charge in [0.05, 0.1) is 0 Å². The van der Waals surface area contributed by atoms with Gasteiger partial charge in [0, 0.05) is 46.2 Å². The molecule has 0 spiro atoms. The molecule has 1 saturated carbocycles. The lowest BCUT2D eigenvalue weighted by atomic mass is 10.0. The second-order valence-corrected chi connectivity index (χ2v) is 11.6. The Balaban J connectivity index is 1.30. The van der Waals surface area contributed by atoms with Crippen molar-refractivity contribution in [3.05, 3.63) is 112 Å². The van der Waals surface area contributed by atoms with Crippen molar-refractivity contribution >= 4 is 21.9 Å². The number of nitrogens with zero attached hydrogens (tertiary/aromatic N) is 2. The normalized spacial score (nSPS) is 17.0. The van der Waals surface area contributed by atoms with E-state index in [1.165, 1.54) is 5.56 Å². The Bertz CT molecular complexity index is 1510. The maximum atomic E-state index is 11.9.